The van der Waals surface area contributed by atoms with Crippen LogP contribution < -0.4 is 0 Å². The molecule has 0 aliphatic carbocycles. The molecule has 0 saturated heterocycles. The molecule has 5 nitrogen and oxygen atoms in total. The summed E-state index contributed by atoms with van der Waals surface area (Å²) in [6, 6.07) is 97.3. The zero-order valence-corrected chi connectivity index (χ0v) is 40.2. The lowest BCUT2D eigenvalue weighted by Gasteiger charge is -2.17. The molecular weight excluding hydrogens is 899 g/mol. The zero-order chi connectivity index (χ0) is 49.0. The number of rotatable bonds is 9. The highest BCUT2D eigenvalue weighted by Crippen LogP contribution is 2.40. The molecule has 0 saturated carbocycles. The van der Waals surface area contributed by atoms with Gasteiger partial charge in [0.05, 0.1) is 27.8 Å². The molecule has 0 fully saturated rings. The molecule has 74 heavy (non-hydrogen) atoms. The highest BCUT2D eigenvalue weighted by molar-refractivity contribution is 6.10. The topological polar surface area (TPSA) is 48.5 Å². The van der Waals surface area contributed by atoms with E-state index in [2.05, 4.69) is 264 Å². The van der Waals surface area contributed by atoms with E-state index in [4.69, 9.17) is 15.0 Å². The second-order valence-corrected chi connectivity index (χ2v) is 18.8. The van der Waals surface area contributed by atoms with E-state index < -0.39 is 0 Å². The molecule has 0 aliphatic heterocycles. The molecule has 0 unspecified atom stereocenters. The summed E-state index contributed by atoms with van der Waals surface area (Å²) in [4.78, 5) is 15.4. The standard InChI is InChI=1S/C69H45N5/c1-3-17-46(18-4-1)52-21-15-22-53(43-52)54-41-42-66(74-64-31-13-9-27-59(64)60-28-10-14-32-65(60)74)61(45-54)49-37-33-47(34-38-49)48-35-39-51(40-36-48)68-70-67(50-19-5-2-6-20-50)71-69(72-68)55-23-16-24-56(44-55)73-62-29-11-7-25-57(62)58-26-8-12-30-63(58)73/h1-45H. The van der Waals surface area contributed by atoms with Crippen LogP contribution in [-0.4, -0.2) is 24.1 Å². The minimum Gasteiger partial charge on any atom is -0.309 e. The fraction of sp³-hybridized carbons (Fsp3) is 0. The normalized spacial score (nSPS) is 11.5. The molecule has 0 N–H and O–H groups in total. The first kappa shape index (κ1) is 42.9. The number of fused-ring (bicyclic) bond motifs is 6. The van der Waals surface area contributed by atoms with Gasteiger partial charge < -0.3 is 9.13 Å². The molecule has 0 atom stereocenters. The highest BCUT2D eigenvalue weighted by atomic mass is 15.0. The molecule has 14 aromatic rings. The van der Waals surface area contributed by atoms with E-state index in [1.54, 1.807) is 0 Å². The SMILES string of the molecule is c1ccc(-c2cccc(-c3ccc(-n4c5ccccc5c5ccccc54)c(-c4ccc(-c5ccc(-c6nc(-c7ccccc7)nc(-c7cccc(-n8c9ccccc9c9ccccc98)c7)n6)cc5)cc4)c3)c2)cc1. The van der Waals surface area contributed by atoms with Gasteiger partial charge in [0.2, 0.25) is 0 Å². The van der Waals surface area contributed by atoms with Crippen LogP contribution in [0.2, 0.25) is 0 Å². The number of aromatic nitrogens is 5. The van der Waals surface area contributed by atoms with Crippen LogP contribution in [0.15, 0.2) is 273 Å². The van der Waals surface area contributed by atoms with Crippen LogP contribution in [0, 0.1) is 0 Å². The smallest absolute Gasteiger partial charge is 0.164 e. The van der Waals surface area contributed by atoms with Crippen molar-refractivity contribution < 1.29 is 0 Å². The first-order valence-corrected chi connectivity index (χ1v) is 25.1. The summed E-state index contributed by atoms with van der Waals surface area (Å²) in [6.07, 6.45) is 0. The lowest BCUT2D eigenvalue weighted by molar-refractivity contribution is 1.07. The Morgan fingerprint density at radius 2 is 0.568 bits per heavy atom. The molecule has 0 radical (unpaired) electrons. The number of hydrogen-bond acceptors (Lipinski definition) is 3. The van der Waals surface area contributed by atoms with Gasteiger partial charge in [0.1, 0.15) is 0 Å². The number of nitrogens with zero attached hydrogens (tertiary/aromatic N) is 5. The summed E-state index contributed by atoms with van der Waals surface area (Å²) < 4.78 is 4.75. The zero-order valence-electron chi connectivity index (χ0n) is 40.2. The Labute approximate surface area is 428 Å². The Bertz CT molecular complexity index is 4290. The fourth-order valence-electron chi connectivity index (χ4n) is 10.8. The van der Waals surface area contributed by atoms with Gasteiger partial charge >= 0.3 is 0 Å². The molecule has 0 amide bonds. The van der Waals surface area contributed by atoms with E-state index in [1.807, 2.05) is 18.2 Å². The molecule has 346 valence electrons. The Hall–Kier alpha value is -9.97. The van der Waals surface area contributed by atoms with Crippen molar-refractivity contribution in [3.63, 3.8) is 0 Å². The van der Waals surface area contributed by atoms with Crippen LogP contribution in [0.1, 0.15) is 0 Å². The van der Waals surface area contributed by atoms with E-state index in [0.717, 1.165) is 66.9 Å². The van der Waals surface area contributed by atoms with E-state index in [1.165, 1.54) is 49.3 Å². The van der Waals surface area contributed by atoms with Gasteiger partial charge in [0, 0.05) is 49.5 Å². The van der Waals surface area contributed by atoms with Crippen molar-refractivity contribution in [3.05, 3.63) is 273 Å². The largest absolute Gasteiger partial charge is 0.309 e. The minimum atomic E-state index is 0.615. The Balaban J connectivity index is 0.833. The molecule has 14 rings (SSSR count). The highest BCUT2D eigenvalue weighted by Gasteiger charge is 2.19. The van der Waals surface area contributed by atoms with Gasteiger partial charge in [-0.05, 0) is 93.5 Å². The van der Waals surface area contributed by atoms with Gasteiger partial charge in [-0.15, -0.1) is 0 Å². The van der Waals surface area contributed by atoms with E-state index >= 15 is 0 Å². The fourth-order valence-corrected chi connectivity index (χ4v) is 10.8. The molecule has 0 aliphatic rings. The molecule has 11 aromatic carbocycles. The van der Waals surface area contributed by atoms with Crippen molar-refractivity contribution in [1.82, 2.24) is 24.1 Å². The van der Waals surface area contributed by atoms with Gasteiger partial charge in [-0.2, -0.15) is 0 Å². The van der Waals surface area contributed by atoms with Crippen LogP contribution in [0.25, 0.3) is 134 Å². The average molecular weight is 944 g/mol. The molecule has 0 spiro atoms. The van der Waals surface area contributed by atoms with Crippen LogP contribution in [0.4, 0.5) is 0 Å². The lowest BCUT2D eigenvalue weighted by Crippen LogP contribution is -2.01. The number of hydrogen-bond donors (Lipinski definition) is 0. The van der Waals surface area contributed by atoms with Crippen LogP contribution in [0.5, 0.6) is 0 Å². The molecule has 3 heterocycles. The minimum absolute atomic E-state index is 0.615. The summed E-state index contributed by atoms with van der Waals surface area (Å²) in [7, 11) is 0. The third-order valence-electron chi connectivity index (χ3n) is 14.4. The molecule has 5 heteroatoms. The number of benzene rings is 11. The third kappa shape index (κ3) is 7.54. The van der Waals surface area contributed by atoms with Gasteiger partial charge in [-0.25, -0.2) is 15.0 Å². The second-order valence-electron chi connectivity index (χ2n) is 18.8. The average Bonchev–Trinajstić information content (AvgIpc) is 4.01. The van der Waals surface area contributed by atoms with Gasteiger partial charge in [0.25, 0.3) is 0 Å². The summed E-state index contributed by atoms with van der Waals surface area (Å²) in [5.74, 6) is 1.86. The van der Waals surface area contributed by atoms with Crippen LogP contribution in [0.3, 0.4) is 0 Å². The van der Waals surface area contributed by atoms with Gasteiger partial charge in [-0.3, -0.25) is 0 Å². The van der Waals surface area contributed by atoms with E-state index in [-0.39, 0.29) is 0 Å². The maximum absolute atomic E-state index is 5.18. The quantitative estimate of drug-likeness (QED) is 0.145. The maximum Gasteiger partial charge on any atom is 0.164 e. The van der Waals surface area contributed by atoms with Crippen LogP contribution >= 0.6 is 0 Å². The summed E-state index contributed by atoms with van der Waals surface area (Å²) in [6.45, 7) is 0. The Morgan fingerprint density at radius 1 is 0.216 bits per heavy atom. The Kier molecular flexibility index (Phi) is 10.4. The Morgan fingerprint density at radius 3 is 1.12 bits per heavy atom. The maximum atomic E-state index is 5.18. The number of para-hydroxylation sites is 4. The van der Waals surface area contributed by atoms with Crippen molar-refractivity contribution in [2.24, 2.45) is 0 Å². The van der Waals surface area contributed by atoms with Crippen molar-refractivity contribution >= 4 is 43.6 Å². The summed E-state index contributed by atoms with van der Waals surface area (Å²) in [5.41, 5.74) is 18.8. The van der Waals surface area contributed by atoms with Crippen molar-refractivity contribution in [2.75, 3.05) is 0 Å². The second kappa shape index (κ2) is 18.0. The van der Waals surface area contributed by atoms with Crippen molar-refractivity contribution in [3.8, 4) is 90.0 Å². The van der Waals surface area contributed by atoms with Crippen molar-refractivity contribution in [2.45, 2.75) is 0 Å². The van der Waals surface area contributed by atoms with E-state index in [0.29, 0.717) is 17.5 Å². The molecule has 0 bridgehead atoms. The summed E-state index contributed by atoms with van der Waals surface area (Å²) in [5, 5.41) is 4.92. The first-order chi connectivity index (χ1) is 36.7. The summed E-state index contributed by atoms with van der Waals surface area (Å²) >= 11 is 0. The monoisotopic (exact) mass is 943 g/mol. The van der Waals surface area contributed by atoms with E-state index in [9.17, 15) is 0 Å². The lowest BCUT2D eigenvalue weighted by atomic mass is 9.94. The van der Waals surface area contributed by atoms with Crippen molar-refractivity contribution in [1.29, 1.82) is 0 Å². The third-order valence-corrected chi connectivity index (χ3v) is 14.4. The predicted octanol–water partition coefficient (Wildman–Crippen LogP) is 17.7. The predicted molar refractivity (Wildman–Crippen MR) is 307 cm³/mol. The van der Waals surface area contributed by atoms with Gasteiger partial charge in [0.15, 0.2) is 17.5 Å². The van der Waals surface area contributed by atoms with Gasteiger partial charge in [-0.1, -0.05) is 218 Å². The first-order valence-electron chi connectivity index (χ1n) is 25.1. The molecular formula is C69H45N5. The van der Waals surface area contributed by atoms with Crippen LogP contribution in [-0.2, 0) is 0 Å². The molecule has 3 aromatic heterocycles.